The number of alkyl halides is 3. The number of hydrogen-bond acceptors (Lipinski definition) is 4. The third-order valence-corrected chi connectivity index (χ3v) is 4.08. The molecule has 114 valence electrons. The van der Waals surface area contributed by atoms with Crippen molar-refractivity contribution >= 4 is 11.8 Å². The summed E-state index contributed by atoms with van der Waals surface area (Å²) in [6.07, 6.45) is 3.61. The summed E-state index contributed by atoms with van der Waals surface area (Å²) in [6.45, 7) is 3.12. The van der Waals surface area contributed by atoms with Gasteiger partial charge in [0.2, 0.25) is 0 Å². The van der Waals surface area contributed by atoms with Crippen LogP contribution in [0.2, 0.25) is 0 Å². The summed E-state index contributed by atoms with van der Waals surface area (Å²) in [7, 11) is 0. The van der Waals surface area contributed by atoms with E-state index in [9.17, 15) is 13.2 Å². The van der Waals surface area contributed by atoms with Crippen molar-refractivity contribution in [3.8, 4) is 0 Å². The highest BCUT2D eigenvalue weighted by atomic mass is 32.2. The van der Waals surface area contributed by atoms with E-state index in [-0.39, 0.29) is 17.5 Å². The molecule has 1 N–H and O–H groups in total. The van der Waals surface area contributed by atoms with Crippen molar-refractivity contribution in [2.24, 2.45) is 0 Å². The molecule has 3 nitrogen and oxygen atoms in total. The van der Waals surface area contributed by atoms with E-state index in [0.29, 0.717) is 12.6 Å². The lowest BCUT2D eigenvalue weighted by Crippen LogP contribution is -2.42. The molecule has 7 heteroatoms. The molecule has 0 radical (unpaired) electrons. The zero-order valence-corrected chi connectivity index (χ0v) is 12.0. The molecule has 0 spiro atoms. The number of piperidine rings is 1. The Balaban J connectivity index is 1.57. The molecule has 0 amide bonds. The summed E-state index contributed by atoms with van der Waals surface area (Å²) in [6, 6.07) is 4.16. The van der Waals surface area contributed by atoms with E-state index in [4.69, 9.17) is 4.42 Å². The lowest BCUT2D eigenvalue weighted by molar-refractivity contribution is -0.0327. The third kappa shape index (κ3) is 5.76. The Morgan fingerprint density at radius 1 is 1.35 bits per heavy atom. The number of hydrogen-bond donors (Lipinski definition) is 1. The molecule has 1 saturated heterocycles. The number of thioether (sulfide) groups is 1. The highest BCUT2D eigenvalue weighted by molar-refractivity contribution is 8.00. The first-order valence-electron chi connectivity index (χ1n) is 6.72. The zero-order chi connectivity index (χ0) is 14.4. The van der Waals surface area contributed by atoms with Gasteiger partial charge in [0.25, 0.3) is 0 Å². The van der Waals surface area contributed by atoms with Gasteiger partial charge < -0.3 is 9.73 Å². The normalized spacial score (nSPS) is 18.6. The van der Waals surface area contributed by atoms with Crippen molar-refractivity contribution in [3.63, 3.8) is 0 Å². The first-order chi connectivity index (χ1) is 9.53. The van der Waals surface area contributed by atoms with Crippen molar-refractivity contribution < 1.29 is 17.6 Å². The molecule has 1 aliphatic rings. The van der Waals surface area contributed by atoms with Gasteiger partial charge >= 0.3 is 5.51 Å². The molecular formula is C13H19F3N2OS. The highest BCUT2D eigenvalue weighted by Gasteiger charge is 2.27. The van der Waals surface area contributed by atoms with Gasteiger partial charge in [0.05, 0.1) is 12.8 Å². The second-order valence-electron chi connectivity index (χ2n) is 4.88. The predicted octanol–water partition coefficient (Wildman–Crippen LogP) is 3.09. The summed E-state index contributed by atoms with van der Waals surface area (Å²) in [4.78, 5) is 2.31. The third-order valence-electron chi connectivity index (χ3n) is 3.35. The molecule has 2 rings (SSSR count). The highest BCUT2D eigenvalue weighted by Crippen LogP contribution is 2.29. The number of halogens is 3. The van der Waals surface area contributed by atoms with Crippen LogP contribution in [0.3, 0.4) is 0 Å². The minimum Gasteiger partial charge on any atom is -0.468 e. The maximum atomic E-state index is 12.0. The Bertz CT molecular complexity index is 375. The Labute approximate surface area is 120 Å². The summed E-state index contributed by atoms with van der Waals surface area (Å²) >= 11 is 0.0402. The SMILES string of the molecule is FC(F)(F)SCCNC1CCN(Cc2ccco2)CC1. The quantitative estimate of drug-likeness (QED) is 0.818. The zero-order valence-electron chi connectivity index (χ0n) is 11.2. The van der Waals surface area contributed by atoms with Crippen molar-refractivity contribution in [1.82, 2.24) is 10.2 Å². The average Bonchev–Trinajstić information content (AvgIpc) is 2.88. The Morgan fingerprint density at radius 3 is 2.70 bits per heavy atom. The van der Waals surface area contributed by atoms with Gasteiger partial charge in [-0.1, -0.05) is 0 Å². The number of nitrogens with zero attached hydrogens (tertiary/aromatic N) is 1. The van der Waals surface area contributed by atoms with Gasteiger partial charge in [-0.2, -0.15) is 13.2 Å². The lowest BCUT2D eigenvalue weighted by atomic mass is 10.1. The standard InChI is InChI=1S/C13H19F3N2OS/c14-13(15,16)20-9-5-17-11-3-6-18(7-4-11)10-12-2-1-8-19-12/h1-2,8,11,17H,3-7,9-10H2. The monoisotopic (exact) mass is 308 g/mol. The minimum absolute atomic E-state index is 0.0402. The fourth-order valence-electron chi connectivity index (χ4n) is 2.35. The van der Waals surface area contributed by atoms with Gasteiger partial charge in [-0.3, -0.25) is 4.90 Å². The van der Waals surface area contributed by atoms with E-state index in [0.717, 1.165) is 38.2 Å². The van der Waals surface area contributed by atoms with E-state index in [1.165, 1.54) is 0 Å². The van der Waals surface area contributed by atoms with Crippen LogP contribution in [-0.2, 0) is 6.54 Å². The van der Waals surface area contributed by atoms with Gasteiger partial charge in [-0.15, -0.1) is 0 Å². The van der Waals surface area contributed by atoms with Crippen molar-refractivity contribution in [1.29, 1.82) is 0 Å². The lowest BCUT2D eigenvalue weighted by Gasteiger charge is -2.31. The summed E-state index contributed by atoms with van der Waals surface area (Å²) in [5, 5.41) is 3.20. The average molecular weight is 308 g/mol. The van der Waals surface area contributed by atoms with Gasteiger partial charge in [0, 0.05) is 31.4 Å². The van der Waals surface area contributed by atoms with Crippen molar-refractivity contribution in [2.45, 2.75) is 30.9 Å². The number of furan rings is 1. The fraction of sp³-hybridized carbons (Fsp3) is 0.692. The van der Waals surface area contributed by atoms with Crippen LogP contribution in [0.5, 0.6) is 0 Å². The molecule has 1 aliphatic heterocycles. The maximum absolute atomic E-state index is 12.0. The van der Waals surface area contributed by atoms with Gasteiger partial charge in [0.1, 0.15) is 5.76 Å². The van der Waals surface area contributed by atoms with Gasteiger partial charge in [-0.05, 0) is 36.7 Å². The Kier molecular flexibility index (Phi) is 5.80. The van der Waals surface area contributed by atoms with Crippen LogP contribution in [0.15, 0.2) is 22.8 Å². The first kappa shape index (κ1) is 15.7. The molecule has 0 atom stereocenters. The Morgan fingerprint density at radius 2 is 2.10 bits per heavy atom. The summed E-state index contributed by atoms with van der Waals surface area (Å²) in [5.74, 6) is 1.04. The van der Waals surface area contributed by atoms with Crippen LogP contribution in [0, 0.1) is 0 Å². The largest absolute Gasteiger partial charge is 0.468 e. The molecule has 1 aromatic rings. The maximum Gasteiger partial charge on any atom is 0.441 e. The van der Waals surface area contributed by atoms with Crippen LogP contribution in [0.1, 0.15) is 18.6 Å². The number of nitrogens with one attached hydrogen (secondary N) is 1. The van der Waals surface area contributed by atoms with Crippen LogP contribution >= 0.6 is 11.8 Å². The molecule has 0 saturated carbocycles. The molecule has 1 aromatic heterocycles. The number of rotatable bonds is 6. The molecule has 20 heavy (non-hydrogen) atoms. The topological polar surface area (TPSA) is 28.4 Å². The van der Waals surface area contributed by atoms with Crippen LogP contribution in [0.4, 0.5) is 13.2 Å². The fourth-order valence-corrected chi connectivity index (χ4v) is 2.80. The van der Waals surface area contributed by atoms with Crippen molar-refractivity contribution in [3.05, 3.63) is 24.2 Å². The minimum atomic E-state index is -4.12. The van der Waals surface area contributed by atoms with Crippen LogP contribution in [0.25, 0.3) is 0 Å². The van der Waals surface area contributed by atoms with E-state index in [2.05, 4.69) is 10.2 Å². The van der Waals surface area contributed by atoms with Gasteiger partial charge in [0.15, 0.2) is 0 Å². The van der Waals surface area contributed by atoms with Crippen LogP contribution < -0.4 is 5.32 Å². The van der Waals surface area contributed by atoms with E-state index in [1.54, 1.807) is 6.26 Å². The number of likely N-dealkylation sites (tertiary alicyclic amines) is 1. The first-order valence-corrected chi connectivity index (χ1v) is 7.70. The van der Waals surface area contributed by atoms with Gasteiger partial charge in [-0.25, -0.2) is 0 Å². The predicted molar refractivity (Wildman–Crippen MR) is 73.5 cm³/mol. The van der Waals surface area contributed by atoms with E-state index in [1.807, 2.05) is 12.1 Å². The van der Waals surface area contributed by atoms with E-state index >= 15 is 0 Å². The molecule has 0 aromatic carbocycles. The molecule has 1 fully saturated rings. The second-order valence-corrected chi connectivity index (χ2v) is 6.04. The molecule has 0 aliphatic carbocycles. The smallest absolute Gasteiger partial charge is 0.441 e. The molecule has 0 unspecified atom stereocenters. The van der Waals surface area contributed by atoms with Crippen LogP contribution in [-0.4, -0.2) is 41.8 Å². The summed E-state index contributed by atoms with van der Waals surface area (Å²) < 4.78 is 41.2. The second kappa shape index (κ2) is 7.38. The summed E-state index contributed by atoms with van der Waals surface area (Å²) in [5.41, 5.74) is -4.12. The van der Waals surface area contributed by atoms with Crippen molar-refractivity contribution in [2.75, 3.05) is 25.4 Å². The molecule has 0 bridgehead atoms. The molecule has 2 heterocycles. The Hall–Kier alpha value is -0.660. The molecular weight excluding hydrogens is 289 g/mol. The van der Waals surface area contributed by atoms with E-state index < -0.39 is 5.51 Å².